The second-order valence-corrected chi connectivity index (χ2v) is 4.67. The Morgan fingerprint density at radius 1 is 1.47 bits per heavy atom. The number of anilines is 1. The van der Waals surface area contributed by atoms with E-state index < -0.39 is 5.97 Å². The molecule has 2 N–H and O–H groups in total. The molecule has 2 aromatic heterocycles. The SMILES string of the molecule is O=C(O)Cc1csc(NC(=O)CCn2ccnc2)n1. The van der Waals surface area contributed by atoms with Crippen LogP contribution in [-0.4, -0.2) is 31.5 Å². The molecule has 8 heteroatoms. The van der Waals surface area contributed by atoms with Crippen molar-refractivity contribution >= 4 is 28.3 Å². The van der Waals surface area contributed by atoms with Gasteiger partial charge in [0.05, 0.1) is 18.4 Å². The van der Waals surface area contributed by atoms with Gasteiger partial charge in [-0.25, -0.2) is 9.97 Å². The Labute approximate surface area is 112 Å². The van der Waals surface area contributed by atoms with Crippen LogP contribution in [0.25, 0.3) is 0 Å². The first-order chi connectivity index (χ1) is 9.13. The van der Waals surface area contributed by atoms with Gasteiger partial charge in [0.25, 0.3) is 0 Å². The Bertz CT molecular complexity index is 564. The number of imidazole rings is 1. The Morgan fingerprint density at radius 3 is 3.00 bits per heavy atom. The summed E-state index contributed by atoms with van der Waals surface area (Å²) in [6.07, 6.45) is 5.24. The van der Waals surface area contributed by atoms with Crippen molar-refractivity contribution in [2.45, 2.75) is 19.4 Å². The third-order valence-corrected chi connectivity index (χ3v) is 3.09. The summed E-state index contributed by atoms with van der Waals surface area (Å²) in [6.45, 7) is 0.541. The number of carbonyl (C=O) groups excluding carboxylic acids is 1. The minimum Gasteiger partial charge on any atom is -0.481 e. The lowest BCUT2D eigenvalue weighted by Gasteiger charge is -2.02. The minimum absolute atomic E-state index is 0.137. The first kappa shape index (κ1) is 13.2. The number of hydrogen-bond acceptors (Lipinski definition) is 5. The molecular weight excluding hydrogens is 268 g/mol. The number of carboxylic acids is 1. The summed E-state index contributed by atoms with van der Waals surface area (Å²) in [5, 5.41) is 13.3. The van der Waals surface area contributed by atoms with Crippen molar-refractivity contribution in [3.63, 3.8) is 0 Å². The van der Waals surface area contributed by atoms with Gasteiger partial charge in [0, 0.05) is 30.7 Å². The number of aryl methyl sites for hydroxylation is 1. The maximum atomic E-state index is 11.6. The van der Waals surface area contributed by atoms with Crippen LogP contribution in [0.2, 0.25) is 0 Å². The molecule has 2 rings (SSSR count). The molecule has 0 atom stereocenters. The van der Waals surface area contributed by atoms with Crippen molar-refractivity contribution in [2.24, 2.45) is 0 Å². The van der Waals surface area contributed by atoms with Gasteiger partial charge in [-0.05, 0) is 0 Å². The van der Waals surface area contributed by atoms with Crippen LogP contribution in [-0.2, 0) is 22.6 Å². The molecular formula is C11H12N4O3S. The molecule has 0 saturated carbocycles. The number of aliphatic carboxylic acids is 1. The normalized spacial score (nSPS) is 10.3. The van der Waals surface area contributed by atoms with Crippen LogP contribution in [0.4, 0.5) is 5.13 Å². The molecule has 0 aliphatic carbocycles. The van der Waals surface area contributed by atoms with Crippen molar-refractivity contribution in [3.8, 4) is 0 Å². The Balaban J connectivity index is 1.81. The van der Waals surface area contributed by atoms with Gasteiger partial charge >= 0.3 is 5.97 Å². The molecule has 0 saturated heterocycles. The maximum Gasteiger partial charge on any atom is 0.309 e. The number of nitrogens with zero attached hydrogens (tertiary/aromatic N) is 3. The van der Waals surface area contributed by atoms with Crippen molar-refractivity contribution < 1.29 is 14.7 Å². The highest BCUT2D eigenvalue weighted by Crippen LogP contribution is 2.16. The Hall–Kier alpha value is -2.22. The number of aromatic nitrogens is 3. The molecule has 0 spiro atoms. The Morgan fingerprint density at radius 2 is 2.32 bits per heavy atom. The van der Waals surface area contributed by atoms with E-state index in [4.69, 9.17) is 5.11 Å². The summed E-state index contributed by atoms with van der Waals surface area (Å²) in [4.78, 5) is 30.0. The van der Waals surface area contributed by atoms with Crippen molar-refractivity contribution in [1.29, 1.82) is 0 Å². The summed E-state index contributed by atoms with van der Waals surface area (Å²) >= 11 is 1.22. The fourth-order valence-electron chi connectivity index (χ4n) is 1.43. The largest absolute Gasteiger partial charge is 0.481 e. The molecule has 0 aliphatic rings. The van der Waals surface area contributed by atoms with E-state index in [1.54, 1.807) is 28.7 Å². The van der Waals surface area contributed by atoms with E-state index in [0.717, 1.165) is 0 Å². The van der Waals surface area contributed by atoms with Gasteiger partial charge in [0.2, 0.25) is 5.91 Å². The fraction of sp³-hybridized carbons (Fsp3) is 0.273. The number of carbonyl (C=O) groups is 2. The lowest BCUT2D eigenvalue weighted by Crippen LogP contribution is -2.14. The maximum absolute atomic E-state index is 11.6. The number of hydrogen-bond donors (Lipinski definition) is 2. The average Bonchev–Trinajstić information content (AvgIpc) is 2.97. The summed E-state index contributed by atoms with van der Waals surface area (Å²) in [7, 11) is 0. The molecule has 0 bridgehead atoms. The van der Waals surface area contributed by atoms with E-state index in [1.165, 1.54) is 11.3 Å². The third-order valence-electron chi connectivity index (χ3n) is 2.29. The topological polar surface area (TPSA) is 97.1 Å². The van der Waals surface area contributed by atoms with Crippen LogP contribution >= 0.6 is 11.3 Å². The lowest BCUT2D eigenvalue weighted by molar-refractivity contribution is -0.136. The minimum atomic E-state index is -0.941. The van der Waals surface area contributed by atoms with E-state index >= 15 is 0 Å². The van der Waals surface area contributed by atoms with E-state index in [9.17, 15) is 9.59 Å². The molecule has 1 amide bonds. The number of amides is 1. The van der Waals surface area contributed by atoms with E-state index in [2.05, 4.69) is 15.3 Å². The van der Waals surface area contributed by atoms with E-state index in [0.29, 0.717) is 23.8 Å². The molecule has 2 heterocycles. The zero-order valence-corrected chi connectivity index (χ0v) is 10.8. The number of thiazole rings is 1. The van der Waals surface area contributed by atoms with Crippen LogP contribution in [0, 0.1) is 0 Å². The number of carboxylic acid groups (broad SMARTS) is 1. The molecule has 19 heavy (non-hydrogen) atoms. The second-order valence-electron chi connectivity index (χ2n) is 3.81. The smallest absolute Gasteiger partial charge is 0.309 e. The van der Waals surface area contributed by atoms with Gasteiger partial charge < -0.3 is 15.0 Å². The molecule has 0 aromatic carbocycles. The molecule has 0 fully saturated rings. The number of nitrogens with one attached hydrogen (secondary N) is 1. The molecule has 2 aromatic rings. The van der Waals surface area contributed by atoms with E-state index in [-0.39, 0.29) is 12.3 Å². The summed E-state index contributed by atoms with van der Waals surface area (Å²) < 4.78 is 1.80. The third kappa shape index (κ3) is 4.18. The molecule has 100 valence electrons. The van der Waals surface area contributed by atoms with Crippen molar-refractivity contribution in [3.05, 3.63) is 29.8 Å². The van der Waals surface area contributed by atoms with Gasteiger partial charge in [-0.2, -0.15) is 0 Å². The quantitative estimate of drug-likeness (QED) is 0.822. The van der Waals surface area contributed by atoms with Crippen LogP contribution in [0.1, 0.15) is 12.1 Å². The number of rotatable bonds is 6. The van der Waals surface area contributed by atoms with Gasteiger partial charge in [0.15, 0.2) is 5.13 Å². The molecule has 7 nitrogen and oxygen atoms in total. The van der Waals surface area contributed by atoms with Gasteiger partial charge in [0.1, 0.15) is 0 Å². The van der Waals surface area contributed by atoms with Gasteiger partial charge in [-0.1, -0.05) is 0 Å². The van der Waals surface area contributed by atoms with Crippen molar-refractivity contribution in [2.75, 3.05) is 5.32 Å². The summed E-state index contributed by atoms with van der Waals surface area (Å²) in [5.74, 6) is -1.10. The van der Waals surface area contributed by atoms with Gasteiger partial charge in [-0.15, -0.1) is 11.3 Å². The van der Waals surface area contributed by atoms with Crippen LogP contribution in [0.3, 0.4) is 0 Å². The molecule has 0 aliphatic heterocycles. The predicted molar refractivity (Wildman–Crippen MR) is 68.9 cm³/mol. The standard InChI is InChI=1S/C11H12N4O3S/c16-9(1-3-15-4-2-12-7-15)14-11-13-8(6-19-11)5-10(17)18/h2,4,6-7H,1,3,5H2,(H,17,18)(H,13,14,16). The molecule has 0 unspecified atom stereocenters. The zero-order chi connectivity index (χ0) is 13.7. The highest BCUT2D eigenvalue weighted by molar-refractivity contribution is 7.13. The first-order valence-corrected chi connectivity index (χ1v) is 6.43. The monoisotopic (exact) mass is 280 g/mol. The zero-order valence-electron chi connectivity index (χ0n) is 9.94. The van der Waals surface area contributed by atoms with Gasteiger partial charge in [-0.3, -0.25) is 9.59 Å². The average molecular weight is 280 g/mol. The lowest BCUT2D eigenvalue weighted by atomic mass is 10.3. The van der Waals surface area contributed by atoms with Crippen molar-refractivity contribution in [1.82, 2.24) is 14.5 Å². The fourth-order valence-corrected chi connectivity index (χ4v) is 2.16. The summed E-state index contributed by atoms with van der Waals surface area (Å²) in [5.41, 5.74) is 0.447. The first-order valence-electron chi connectivity index (χ1n) is 5.55. The second kappa shape index (κ2) is 6.10. The van der Waals surface area contributed by atoms with Crippen LogP contribution < -0.4 is 5.32 Å². The molecule has 0 radical (unpaired) electrons. The highest BCUT2D eigenvalue weighted by Gasteiger charge is 2.09. The highest BCUT2D eigenvalue weighted by atomic mass is 32.1. The Kier molecular flexibility index (Phi) is 4.24. The van der Waals surface area contributed by atoms with Crippen LogP contribution in [0.5, 0.6) is 0 Å². The van der Waals surface area contributed by atoms with E-state index in [1.807, 2.05) is 0 Å². The summed E-state index contributed by atoms with van der Waals surface area (Å²) in [6, 6.07) is 0. The predicted octanol–water partition coefficient (Wildman–Crippen LogP) is 0.996. The van der Waals surface area contributed by atoms with Crippen LogP contribution in [0.15, 0.2) is 24.1 Å².